The second-order valence-electron chi connectivity index (χ2n) is 5.31. The highest BCUT2D eigenvalue weighted by molar-refractivity contribution is 9.10. The molecule has 1 amide bonds. The van der Waals surface area contributed by atoms with E-state index >= 15 is 0 Å². The molecule has 2 unspecified atom stereocenters. The zero-order valence-corrected chi connectivity index (χ0v) is 12.9. The molecule has 0 saturated heterocycles. The second-order valence-corrected chi connectivity index (χ2v) is 6.09. The van der Waals surface area contributed by atoms with Gasteiger partial charge in [0.15, 0.2) is 4.67 Å². The Balaban J connectivity index is 1.97. The molecular formula is C14H21BrN2O2. The van der Waals surface area contributed by atoms with Crippen LogP contribution in [0.2, 0.25) is 0 Å². The first kappa shape index (κ1) is 14.6. The molecule has 106 valence electrons. The zero-order chi connectivity index (χ0) is 13.8. The molecule has 1 fully saturated rings. The molecule has 0 aliphatic heterocycles. The number of nitrogens with two attached hydrogens (primary N) is 1. The number of rotatable bonds is 3. The van der Waals surface area contributed by atoms with E-state index in [9.17, 15) is 4.79 Å². The number of nitrogens with zero attached hydrogens (tertiary/aromatic N) is 1. The molecule has 2 atom stereocenters. The Morgan fingerprint density at radius 3 is 2.84 bits per heavy atom. The summed E-state index contributed by atoms with van der Waals surface area (Å²) >= 11 is 3.27. The van der Waals surface area contributed by atoms with Gasteiger partial charge < -0.3 is 15.1 Å². The Morgan fingerprint density at radius 1 is 1.42 bits per heavy atom. The van der Waals surface area contributed by atoms with Crippen molar-refractivity contribution in [1.82, 2.24) is 4.90 Å². The third-order valence-corrected chi connectivity index (χ3v) is 4.21. The minimum absolute atomic E-state index is 0.000729. The summed E-state index contributed by atoms with van der Waals surface area (Å²) in [7, 11) is 1.82. The lowest BCUT2D eigenvalue weighted by Gasteiger charge is -2.26. The maximum absolute atomic E-state index is 12.5. The Morgan fingerprint density at radius 2 is 2.16 bits per heavy atom. The summed E-state index contributed by atoms with van der Waals surface area (Å²) < 4.78 is 6.12. The molecule has 0 bridgehead atoms. The second kappa shape index (κ2) is 6.57. The summed E-state index contributed by atoms with van der Waals surface area (Å²) in [5.41, 5.74) is 6.14. The average Bonchev–Trinajstić information content (AvgIpc) is 2.66. The van der Waals surface area contributed by atoms with Gasteiger partial charge in [-0.25, -0.2) is 0 Å². The lowest BCUT2D eigenvalue weighted by Crippen LogP contribution is -2.41. The summed E-state index contributed by atoms with van der Waals surface area (Å²) in [4.78, 5) is 14.2. The number of carbonyl (C=O) groups excluding carboxylic acids is 1. The number of furan rings is 1. The normalized spacial score (nSPS) is 23.9. The van der Waals surface area contributed by atoms with E-state index in [-0.39, 0.29) is 17.9 Å². The topological polar surface area (TPSA) is 59.5 Å². The summed E-state index contributed by atoms with van der Waals surface area (Å²) in [6, 6.07) is 3.71. The van der Waals surface area contributed by atoms with Gasteiger partial charge in [-0.15, -0.1) is 0 Å². The van der Waals surface area contributed by atoms with Gasteiger partial charge in [-0.05, 0) is 40.9 Å². The maximum atomic E-state index is 12.5. The van der Waals surface area contributed by atoms with E-state index in [2.05, 4.69) is 15.9 Å². The standard InChI is InChI=1S/C14H21BrN2O2/c1-17(9-10-7-8-13(15)19-10)14(18)11-5-3-2-4-6-12(11)16/h7-8,11-12H,2-6,9,16H2,1H3. The molecule has 0 aromatic carbocycles. The maximum Gasteiger partial charge on any atom is 0.227 e. The summed E-state index contributed by atoms with van der Waals surface area (Å²) in [6.45, 7) is 0.494. The number of carbonyl (C=O) groups is 1. The van der Waals surface area contributed by atoms with Crippen LogP contribution in [-0.2, 0) is 11.3 Å². The van der Waals surface area contributed by atoms with Crippen LogP contribution in [0.5, 0.6) is 0 Å². The van der Waals surface area contributed by atoms with Gasteiger partial charge in [-0.1, -0.05) is 19.3 Å². The van der Waals surface area contributed by atoms with Gasteiger partial charge in [0, 0.05) is 13.1 Å². The van der Waals surface area contributed by atoms with Crippen molar-refractivity contribution in [3.05, 3.63) is 22.6 Å². The van der Waals surface area contributed by atoms with Crippen molar-refractivity contribution in [1.29, 1.82) is 0 Å². The highest BCUT2D eigenvalue weighted by Crippen LogP contribution is 2.24. The highest BCUT2D eigenvalue weighted by atomic mass is 79.9. The zero-order valence-electron chi connectivity index (χ0n) is 11.3. The Kier molecular flexibility index (Phi) is 5.05. The molecule has 1 heterocycles. The third kappa shape index (κ3) is 3.83. The lowest BCUT2D eigenvalue weighted by atomic mass is 9.94. The van der Waals surface area contributed by atoms with E-state index in [0.717, 1.165) is 31.4 Å². The fraction of sp³-hybridized carbons (Fsp3) is 0.643. The first-order chi connectivity index (χ1) is 9.08. The molecule has 0 radical (unpaired) electrons. The number of hydrogen-bond donors (Lipinski definition) is 1. The molecule has 2 N–H and O–H groups in total. The Bertz CT molecular complexity index is 433. The van der Waals surface area contributed by atoms with Crippen molar-refractivity contribution in [3.63, 3.8) is 0 Å². The SMILES string of the molecule is CN(Cc1ccc(Br)o1)C(=O)C1CCCCCC1N. The molecule has 1 aliphatic rings. The van der Waals surface area contributed by atoms with Gasteiger partial charge >= 0.3 is 0 Å². The predicted molar refractivity (Wildman–Crippen MR) is 77.4 cm³/mol. The minimum atomic E-state index is -0.0362. The third-order valence-electron chi connectivity index (χ3n) is 3.78. The smallest absolute Gasteiger partial charge is 0.227 e. The largest absolute Gasteiger partial charge is 0.452 e. The molecule has 4 nitrogen and oxygen atoms in total. The van der Waals surface area contributed by atoms with Gasteiger partial charge in [0.05, 0.1) is 12.5 Å². The Hall–Kier alpha value is -0.810. The van der Waals surface area contributed by atoms with Crippen molar-refractivity contribution < 1.29 is 9.21 Å². The van der Waals surface area contributed by atoms with Gasteiger partial charge in [0.25, 0.3) is 0 Å². The molecule has 1 saturated carbocycles. The number of hydrogen-bond acceptors (Lipinski definition) is 3. The summed E-state index contributed by atoms with van der Waals surface area (Å²) in [5, 5.41) is 0. The van der Waals surface area contributed by atoms with Gasteiger partial charge in [0.1, 0.15) is 5.76 Å². The quantitative estimate of drug-likeness (QED) is 0.868. The van der Waals surface area contributed by atoms with Crippen molar-refractivity contribution in [3.8, 4) is 0 Å². The first-order valence-corrected chi connectivity index (χ1v) is 7.62. The van der Waals surface area contributed by atoms with E-state index in [4.69, 9.17) is 10.2 Å². The van der Waals surface area contributed by atoms with Crippen molar-refractivity contribution in [2.24, 2.45) is 11.7 Å². The van der Waals surface area contributed by atoms with Crippen LogP contribution in [0.4, 0.5) is 0 Å². The molecule has 1 aromatic rings. The van der Waals surface area contributed by atoms with Crippen LogP contribution in [0.25, 0.3) is 0 Å². The first-order valence-electron chi connectivity index (χ1n) is 6.82. The fourth-order valence-corrected chi connectivity index (χ4v) is 3.01. The van der Waals surface area contributed by atoms with Crippen LogP contribution in [0, 0.1) is 5.92 Å². The molecule has 1 aromatic heterocycles. The monoisotopic (exact) mass is 328 g/mol. The van der Waals surface area contributed by atoms with Crippen LogP contribution >= 0.6 is 15.9 Å². The van der Waals surface area contributed by atoms with Crippen LogP contribution in [0.1, 0.15) is 37.9 Å². The highest BCUT2D eigenvalue weighted by Gasteiger charge is 2.29. The van der Waals surface area contributed by atoms with Gasteiger partial charge in [-0.2, -0.15) is 0 Å². The van der Waals surface area contributed by atoms with E-state index in [1.165, 1.54) is 6.42 Å². The minimum Gasteiger partial charge on any atom is -0.452 e. The van der Waals surface area contributed by atoms with Crippen LogP contribution in [-0.4, -0.2) is 23.9 Å². The average molecular weight is 329 g/mol. The molecule has 2 rings (SSSR count). The Labute approximate surface area is 122 Å². The van der Waals surface area contributed by atoms with Crippen molar-refractivity contribution in [2.75, 3.05) is 7.05 Å². The van der Waals surface area contributed by atoms with Crippen molar-refractivity contribution in [2.45, 2.75) is 44.7 Å². The molecule has 5 heteroatoms. The van der Waals surface area contributed by atoms with E-state index in [1.807, 2.05) is 19.2 Å². The predicted octanol–water partition coefficient (Wildman–Crippen LogP) is 2.91. The molecule has 0 spiro atoms. The summed E-state index contributed by atoms with van der Waals surface area (Å²) in [6.07, 6.45) is 5.29. The molecule has 1 aliphatic carbocycles. The van der Waals surface area contributed by atoms with Crippen LogP contribution in [0.3, 0.4) is 0 Å². The molecular weight excluding hydrogens is 308 g/mol. The van der Waals surface area contributed by atoms with Crippen LogP contribution in [0.15, 0.2) is 21.2 Å². The van der Waals surface area contributed by atoms with E-state index < -0.39 is 0 Å². The lowest BCUT2D eigenvalue weighted by molar-refractivity contribution is -0.135. The van der Waals surface area contributed by atoms with Gasteiger partial charge in [0.2, 0.25) is 5.91 Å². The van der Waals surface area contributed by atoms with Crippen molar-refractivity contribution >= 4 is 21.8 Å². The number of halogens is 1. The summed E-state index contributed by atoms with van der Waals surface area (Å²) in [5.74, 6) is 0.887. The fourth-order valence-electron chi connectivity index (χ4n) is 2.67. The van der Waals surface area contributed by atoms with Crippen LogP contribution < -0.4 is 5.73 Å². The number of amides is 1. The van der Waals surface area contributed by atoms with Gasteiger partial charge in [-0.3, -0.25) is 4.79 Å². The molecule has 19 heavy (non-hydrogen) atoms. The van der Waals surface area contributed by atoms with E-state index in [0.29, 0.717) is 11.2 Å². The van der Waals surface area contributed by atoms with E-state index in [1.54, 1.807) is 4.90 Å².